The van der Waals surface area contributed by atoms with E-state index in [1.807, 2.05) is 6.92 Å². The Bertz CT molecular complexity index is 1290. The van der Waals surface area contributed by atoms with Crippen LogP contribution in [0.25, 0.3) is 22.2 Å². The Kier molecular flexibility index (Phi) is 8.47. The first kappa shape index (κ1) is 25.9. The highest BCUT2D eigenvalue weighted by molar-refractivity contribution is 7.89. The highest BCUT2D eigenvalue weighted by atomic mass is 32.2. The normalized spacial score (nSPS) is 12.1. The van der Waals surface area contributed by atoms with Gasteiger partial charge in [-0.05, 0) is 43.5 Å². The zero-order valence-electron chi connectivity index (χ0n) is 19.7. The van der Waals surface area contributed by atoms with Crippen molar-refractivity contribution in [3.05, 3.63) is 40.3 Å². The zero-order valence-corrected chi connectivity index (χ0v) is 20.6. The first-order chi connectivity index (χ1) is 16.3. The van der Waals surface area contributed by atoms with Gasteiger partial charge in [-0.25, -0.2) is 8.42 Å². The number of sulfonamides is 1. The second kappa shape index (κ2) is 11.1. The largest absolute Gasteiger partial charge is 0.496 e. The van der Waals surface area contributed by atoms with E-state index >= 15 is 0 Å². The molecule has 2 heterocycles. The summed E-state index contributed by atoms with van der Waals surface area (Å²) in [5.41, 5.74) is 1.78. The molecular formula is C23H32N4O6S. The lowest BCUT2D eigenvalue weighted by Crippen LogP contribution is -2.34. The number of nitrogens with one attached hydrogen (secondary N) is 1. The summed E-state index contributed by atoms with van der Waals surface area (Å²) in [6.45, 7) is 1.99. The van der Waals surface area contributed by atoms with Crippen molar-refractivity contribution >= 4 is 20.9 Å². The molecule has 0 aliphatic carbocycles. The van der Waals surface area contributed by atoms with Crippen LogP contribution in [-0.2, 0) is 23.5 Å². The van der Waals surface area contributed by atoms with Crippen molar-refractivity contribution in [2.24, 2.45) is 7.05 Å². The minimum atomic E-state index is -3.92. The van der Waals surface area contributed by atoms with Crippen LogP contribution >= 0.6 is 0 Å². The van der Waals surface area contributed by atoms with Crippen molar-refractivity contribution in [1.29, 1.82) is 0 Å². The van der Waals surface area contributed by atoms with Crippen LogP contribution in [0, 0.1) is 0 Å². The fourth-order valence-electron chi connectivity index (χ4n) is 4.00. The van der Waals surface area contributed by atoms with Crippen LogP contribution in [0.4, 0.5) is 0 Å². The Morgan fingerprint density at radius 3 is 2.41 bits per heavy atom. The van der Waals surface area contributed by atoms with E-state index in [9.17, 15) is 23.4 Å². The van der Waals surface area contributed by atoms with E-state index in [2.05, 4.69) is 10.1 Å². The molecule has 0 unspecified atom stereocenters. The van der Waals surface area contributed by atoms with Crippen LogP contribution in [0.2, 0.25) is 0 Å². The van der Waals surface area contributed by atoms with Crippen molar-refractivity contribution in [2.75, 3.05) is 33.4 Å². The molecule has 0 radical (unpaired) electrons. The quantitative estimate of drug-likeness (QED) is 0.349. The Labute approximate surface area is 198 Å². The number of aliphatic hydroxyl groups excluding tert-OH is 2. The van der Waals surface area contributed by atoms with E-state index in [-0.39, 0.29) is 49.6 Å². The van der Waals surface area contributed by atoms with Crippen molar-refractivity contribution in [3.63, 3.8) is 0 Å². The minimum absolute atomic E-state index is 0.0279. The van der Waals surface area contributed by atoms with Crippen LogP contribution in [0.1, 0.15) is 31.9 Å². The molecular weight excluding hydrogens is 460 g/mol. The Hall–Kier alpha value is -2.73. The number of aliphatic hydroxyl groups is 2. The maximum atomic E-state index is 13.4. The summed E-state index contributed by atoms with van der Waals surface area (Å²) in [6.07, 6.45) is 2.12. The average Bonchev–Trinajstić information content (AvgIpc) is 3.14. The summed E-state index contributed by atoms with van der Waals surface area (Å²) in [5.74, 6) is 0.409. The van der Waals surface area contributed by atoms with Gasteiger partial charge >= 0.3 is 0 Å². The Morgan fingerprint density at radius 2 is 1.82 bits per heavy atom. The van der Waals surface area contributed by atoms with Crippen LogP contribution in [0.3, 0.4) is 0 Å². The Balaban J connectivity index is 2.16. The van der Waals surface area contributed by atoms with E-state index in [1.165, 1.54) is 23.5 Å². The number of aromatic nitrogens is 3. The number of benzene rings is 1. The summed E-state index contributed by atoms with van der Waals surface area (Å²) in [6, 6.07) is 6.28. The van der Waals surface area contributed by atoms with Gasteiger partial charge in [0.25, 0.3) is 5.56 Å². The van der Waals surface area contributed by atoms with E-state index in [0.29, 0.717) is 34.3 Å². The average molecular weight is 493 g/mol. The summed E-state index contributed by atoms with van der Waals surface area (Å²) >= 11 is 0. The van der Waals surface area contributed by atoms with Gasteiger partial charge in [0.05, 0.1) is 23.4 Å². The number of fused-ring (bicyclic) bond motifs is 1. The number of pyridine rings is 1. The van der Waals surface area contributed by atoms with Crippen LogP contribution < -0.4 is 10.3 Å². The molecule has 3 rings (SSSR count). The van der Waals surface area contributed by atoms with Gasteiger partial charge in [0.2, 0.25) is 10.0 Å². The van der Waals surface area contributed by atoms with Crippen LogP contribution in [0.15, 0.2) is 34.0 Å². The van der Waals surface area contributed by atoms with Crippen molar-refractivity contribution in [3.8, 4) is 17.0 Å². The SMILES string of the molecule is CCCc1nn(C)c2c(=O)[nH]c(-c3cc(S(=O)(=O)N(CCCO)CCCO)ccc3OC)cc12. The number of methoxy groups -OCH3 is 1. The van der Waals surface area contributed by atoms with Gasteiger partial charge in [-0.1, -0.05) is 13.3 Å². The monoisotopic (exact) mass is 492 g/mol. The van der Waals surface area contributed by atoms with Crippen molar-refractivity contribution in [1.82, 2.24) is 19.1 Å². The maximum absolute atomic E-state index is 13.4. The third-order valence-corrected chi connectivity index (χ3v) is 7.52. The predicted octanol–water partition coefficient (Wildman–Crippen LogP) is 1.65. The number of ether oxygens (including phenoxy) is 1. The van der Waals surface area contributed by atoms with Gasteiger partial charge in [0.15, 0.2) is 0 Å². The molecule has 0 spiro atoms. The number of rotatable bonds is 12. The summed E-state index contributed by atoms with van der Waals surface area (Å²) < 4.78 is 35.1. The second-order valence-corrected chi connectivity index (χ2v) is 9.95. The summed E-state index contributed by atoms with van der Waals surface area (Å²) in [5, 5.41) is 23.6. The van der Waals surface area contributed by atoms with E-state index < -0.39 is 10.0 Å². The van der Waals surface area contributed by atoms with Gasteiger partial charge in [-0.2, -0.15) is 9.40 Å². The molecule has 1 aromatic carbocycles. The van der Waals surface area contributed by atoms with Crippen LogP contribution in [0.5, 0.6) is 5.75 Å². The molecule has 10 nitrogen and oxygen atoms in total. The van der Waals surface area contributed by atoms with Crippen LogP contribution in [-0.4, -0.2) is 71.1 Å². The number of hydrogen-bond acceptors (Lipinski definition) is 7. The van der Waals surface area contributed by atoms with E-state index in [4.69, 9.17) is 4.74 Å². The highest BCUT2D eigenvalue weighted by Crippen LogP contribution is 2.33. The number of aromatic amines is 1. The molecule has 0 atom stereocenters. The number of H-pyrrole nitrogens is 1. The second-order valence-electron chi connectivity index (χ2n) is 8.02. The first-order valence-electron chi connectivity index (χ1n) is 11.3. The molecule has 0 amide bonds. The van der Waals surface area contributed by atoms with Gasteiger partial charge in [0.1, 0.15) is 11.3 Å². The molecule has 3 aromatic rings. The molecule has 0 aliphatic heterocycles. The highest BCUT2D eigenvalue weighted by Gasteiger charge is 2.25. The molecule has 0 saturated heterocycles. The number of aryl methyl sites for hydroxylation is 2. The smallest absolute Gasteiger partial charge is 0.274 e. The lowest BCUT2D eigenvalue weighted by atomic mass is 10.1. The third-order valence-electron chi connectivity index (χ3n) is 5.63. The Morgan fingerprint density at radius 1 is 1.15 bits per heavy atom. The summed E-state index contributed by atoms with van der Waals surface area (Å²) in [4.78, 5) is 15.8. The topological polar surface area (TPSA) is 138 Å². The minimum Gasteiger partial charge on any atom is -0.496 e. The number of nitrogens with zero attached hydrogens (tertiary/aromatic N) is 3. The molecule has 0 fully saturated rings. The van der Waals surface area contributed by atoms with Crippen molar-refractivity contribution in [2.45, 2.75) is 37.5 Å². The molecule has 0 saturated carbocycles. The maximum Gasteiger partial charge on any atom is 0.274 e. The van der Waals surface area contributed by atoms with Gasteiger partial charge < -0.3 is 19.9 Å². The van der Waals surface area contributed by atoms with Gasteiger partial charge in [0, 0.05) is 44.3 Å². The molecule has 0 aliphatic rings. The van der Waals surface area contributed by atoms with E-state index in [1.54, 1.807) is 23.9 Å². The van der Waals surface area contributed by atoms with Gasteiger partial charge in [-0.3, -0.25) is 9.48 Å². The predicted molar refractivity (Wildman–Crippen MR) is 129 cm³/mol. The summed E-state index contributed by atoms with van der Waals surface area (Å²) in [7, 11) is -0.722. The molecule has 186 valence electrons. The zero-order chi connectivity index (χ0) is 24.9. The first-order valence-corrected chi connectivity index (χ1v) is 12.7. The molecule has 11 heteroatoms. The fourth-order valence-corrected chi connectivity index (χ4v) is 5.54. The molecule has 0 bridgehead atoms. The molecule has 2 aromatic heterocycles. The molecule has 34 heavy (non-hydrogen) atoms. The number of hydrogen-bond donors (Lipinski definition) is 3. The lowest BCUT2D eigenvalue weighted by Gasteiger charge is -2.22. The van der Waals surface area contributed by atoms with Gasteiger partial charge in [-0.15, -0.1) is 0 Å². The lowest BCUT2D eigenvalue weighted by molar-refractivity contribution is 0.250. The van der Waals surface area contributed by atoms with E-state index in [0.717, 1.165) is 12.1 Å². The standard InChI is InChI=1S/C23H32N4O6S/c1-4-7-19-18-15-20(24-23(30)22(18)26(2)25-19)17-14-16(8-9-21(17)33-3)34(31,32)27(10-5-12-28)11-6-13-29/h8-9,14-15,28-29H,4-7,10-13H2,1-3H3,(H,24,30). The molecule has 3 N–H and O–H groups in total. The van der Waals surface area contributed by atoms with Crippen molar-refractivity contribution < 1.29 is 23.4 Å². The fraction of sp³-hybridized carbons (Fsp3) is 0.478. The third kappa shape index (κ3) is 5.17.